The predicted molar refractivity (Wildman–Crippen MR) is 82.5 cm³/mol. The number of ether oxygens (including phenoxy) is 1. The van der Waals surface area contributed by atoms with Crippen molar-refractivity contribution in [3.05, 3.63) is 35.9 Å². The summed E-state index contributed by atoms with van der Waals surface area (Å²) in [5, 5.41) is 7.95. The molecule has 0 bridgehead atoms. The molecule has 0 saturated heterocycles. The van der Waals surface area contributed by atoms with Crippen LogP contribution >= 0.6 is 0 Å². The Labute approximate surface area is 125 Å². The highest BCUT2D eigenvalue weighted by Gasteiger charge is 2.12. The molecule has 112 valence electrons. The fourth-order valence-corrected chi connectivity index (χ4v) is 2.60. The summed E-state index contributed by atoms with van der Waals surface area (Å²) in [5.41, 5.74) is 1.06. The number of aromatic nitrogens is 3. The van der Waals surface area contributed by atoms with Crippen molar-refractivity contribution in [3.63, 3.8) is 0 Å². The van der Waals surface area contributed by atoms with E-state index in [1.807, 2.05) is 31.2 Å². The molecule has 0 fully saturated rings. The van der Waals surface area contributed by atoms with Gasteiger partial charge in [0.2, 0.25) is 0 Å². The molecule has 2 heterocycles. The molecule has 0 atom stereocenters. The minimum atomic E-state index is 0.661. The van der Waals surface area contributed by atoms with Crippen LogP contribution in [0.15, 0.2) is 24.3 Å². The molecule has 0 aliphatic carbocycles. The third kappa shape index (κ3) is 3.54. The first kappa shape index (κ1) is 13.9. The summed E-state index contributed by atoms with van der Waals surface area (Å²) in [4.78, 5) is 4.64. The summed E-state index contributed by atoms with van der Waals surface area (Å²) in [6, 6.07) is 7.99. The topological polar surface area (TPSA) is 52.0 Å². The first-order chi connectivity index (χ1) is 10.3. The maximum Gasteiger partial charge on any atom is 0.169 e. The highest BCUT2D eigenvalue weighted by molar-refractivity contribution is 5.46. The van der Waals surface area contributed by atoms with E-state index in [4.69, 9.17) is 4.74 Å². The largest absolute Gasteiger partial charge is 0.494 e. The molecule has 0 radical (unpaired) electrons. The molecule has 0 amide bonds. The highest BCUT2D eigenvalue weighted by Crippen LogP contribution is 2.17. The second-order valence-electron chi connectivity index (χ2n) is 5.29. The normalized spacial score (nSPS) is 14.3. The van der Waals surface area contributed by atoms with Gasteiger partial charge in [-0.2, -0.15) is 5.10 Å². The van der Waals surface area contributed by atoms with Gasteiger partial charge in [-0.15, -0.1) is 0 Å². The van der Waals surface area contributed by atoms with Crippen LogP contribution in [0.1, 0.15) is 37.8 Å². The summed E-state index contributed by atoms with van der Waals surface area (Å²) in [7, 11) is 0. The van der Waals surface area contributed by atoms with Crippen LogP contribution in [0.2, 0.25) is 0 Å². The minimum Gasteiger partial charge on any atom is -0.494 e. The zero-order chi connectivity index (χ0) is 14.5. The van der Waals surface area contributed by atoms with Gasteiger partial charge in [-0.05, 0) is 44.0 Å². The first-order valence-corrected chi connectivity index (χ1v) is 7.74. The number of anilines is 1. The zero-order valence-corrected chi connectivity index (χ0v) is 12.5. The van der Waals surface area contributed by atoms with Crippen LogP contribution in [0.4, 0.5) is 5.69 Å². The molecule has 0 spiro atoms. The number of nitrogens with zero attached hydrogens (tertiary/aromatic N) is 3. The maximum absolute atomic E-state index is 5.43. The second-order valence-corrected chi connectivity index (χ2v) is 5.29. The van der Waals surface area contributed by atoms with Crippen molar-refractivity contribution in [1.82, 2.24) is 14.8 Å². The summed E-state index contributed by atoms with van der Waals surface area (Å²) in [6.07, 6.45) is 4.77. The van der Waals surface area contributed by atoms with Crippen LogP contribution < -0.4 is 10.1 Å². The lowest BCUT2D eigenvalue weighted by Gasteiger charge is -2.06. The van der Waals surface area contributed by atoms with E-state index in [2.05, 4.69) is 20.1 Å². The van der Waals surface area contributed by atoms with E-state index in [-0.39, 0.29) is 0 Å². The SMILES string of the molecule is CCOc1ccc(NCc2nc3n(n2)CCCCC3)cc1. The average Bonchev–Trinajstić information content (AvgIpc) is 2.76. The van der Waals surface area contributed by atoms with E-state index in [9.17, 15) is 0 Å². The van der Waals surface area contributed by atoms with Gasteiger partial charge in [0, 0.05) is 18.7 Å². The Morgan fingerprint density at radius 1 is 1.19 bits per heavy atom. The molecule has 5 nitrogen and oxygen atoms in total. The summed E-state index contributed by atoms with van der Waals surface area (Å²) < 4.78 is 7.51. The number of benzene rings is 1. The Kier molecular flexibility index (Phi) is 4.38. The van der Waals surface area contributed by atoms with Crippen molar-refractivity contribution in [2.24, 2.45) is 0 Å². The zero-order valence-electron chi connectivity index (χ0n) is 12.5. The number of hydrogen-bond acceptors (Lipinski definition) is 4. The molecule has 1 aliphatic rings. The maximum atomic E-state index is 5.43. The molecule has 21 heavy (non-hydrogen) atoms. The Morgan fingerprint density at radius 2 is 2.05 bits per heavy atom. The van der Waals surface area contributed by atoms with Crippen LogP contribution in [-0.2, 0) is 19.5 Å². The smallest absolute Gasteiger partial charge is 0.169 e. The van der Waals surface area contributed by atoms with Gasteiger partial charge in [0.05, 0.1) is 13.2 Å². The van der Waals surface area contributed by atoms with Crippen molar-refractivity contribution in [2.45, 2.75) is 45.7 Å². The van der Waals surface area contributed by atoms with Crippen molar-refractivity contribution in [3.8, 4) is 5.75 Å². The number of nitrogens with one attached hydrogen (secondary N) is 1. The molecular weight excluding hydrogens is 264 g/mol. The Morgan fingerprint density at radius 3 is 2.86 bits per heavy atom. The Hall–Kier alpha value is -2.04. The Balaban J connectivity index is 1.59. The van der Waals surface area contributed by atoms with Gasteiger partial charge in [0.15, 0.2) is 5.82 Å². The lowest BCUT2D eigenvalue weighted by molar-refractivity contribution is 0.340. The molecule has 0 unspecified atom stereocenters. The molecule has 1 N–H and O–H groups in total. The van der Waals surface area contributed by atoms with E-state index in [1.165, 1.54) is 19.3 Å². The summed E-state index contributed by atoms with van der Waals surface area (Å²) >= 11 is 0. The lowest BCUT2D eigenvalue weighted by Crippen LogP contribution is -2.04. The van der Waals surface area contributed by atoms with Crippen LogP contribution in [-0.4, -0.2) is 21.4 Å². The van der Waals surface area contributed by atoms with Gasteiger partial charge in [-0.3, -0.25) is 0 Å². The second kappa shape index (κ2) is 6.61. The minimum absolute atomic E-state index is 0.661. The predicted octanol–water partition coefficient (Wildman–Crippen LogP) is 3.02. The van der Waals surface area contributed by atoms with E-state index < -0.39 is 0 Å². The van der Waals surface area contributed by atoms with Crippen molar-refractivity contribution in [2.75, 3.05) is 11.9 Å². The van der Waals surface area contributed by atoms with E-state index in [0.29, 0.717) is 13.2 Å². The number of fused-ring (bicyclic) bond motifs is 1. The van der Waals surface area contributed by atoms with Gasteiger partial charge < -0.3 is 10.1 Å². The molecule has 2 aromatic rings. The molecule has 1 aliphatic heterocycles. The first-order valence-electron chi connectivity index (χ1n) is 7.74. The number of aryl methyl sites for hydroxylation is 2. The molecule has 1 aromatic heterocycles. The fourth-order valence-electron chi connectivity index (χ4n) is 2.60. The standard InChI is InChI=1S/C16H22N4O/c1-2-21-14-9-7-13(8-10-14)17-12-15-18-16-6-4-3-5-11-20(16)19-15/h7-10,17H,2-6,11-12H2,1H3. The average molecular weight is 286 g/mol. The molecular formula is C16H22N4O. The van der Waals surface area contributed by atoms with Crippen LogP contribution in [0, 0.1) is 0 Å². The number of rotatable bonds is 5. The lowest BCUT2D eigenvalue weighted by atomic mass is 10.2. The fraction of sp³-hybridized carbons (Fsp3) is 0.500. The molecule has 1 aromatic carbocycles. The third-order valence-corrected chi connectivity index (χ3v) is 3.68. The van der Waals surface area contributed by atoms with Crippen LogP contribution in [0.25, 0.3) is 0 Å². The van der Waals surface area contributed by atoms with E-state index >= 15 is 0 Å². The summed E-state index contributed by atoms with van der Waals surface area (Å²) in [6.45, 7) is 4.34. The highest BCUT2D eigenvalue weighted by atomic mass is 16.5. The van der Waals surface area contributed by atoms with Gasteiger partial charge in [0.1, 0.15) is 11.6 Å². The molecule has 5 heteroatoms. The summed E-state index contributed by atoms with van der Waals surface area (Å²) in [5.74, 6) is 2.91. The van der Waals surface area contributed by atoms with Crippen LogP contribution in [0.3, 0.4) is 0 Å². The Bertz CT molecular complexity index is 553. The number of hydrogen-bond donors (Lipinski definition) is 1. The van der Waals surface area contributed by atoms with Crippen LogP contribution in [0.5, 0.6) is 5.75 Å². The van der Waals surface area contributed by atoms with E-state index in [0.717, 1.165) is 36.1 Å². The van der Waals surface area contributed by atoms with Crippen molar-refractivity contribution in [1.29, 1.82) is 0 Å². The van der Waals surface area contributed by atoms with Crippen molar-refractivity contribution < 1.29 is 4.74 Å². The molecule has 3 rings (SSSR count). The monoisotopic (exact) mass is 286 g/mol. The van der Waals surface area contributed by atoms with Gasteiger partial charge in [0.25, 0.3) is 0 Å². The van der Waals surface area contributed by atoms with Gasteiger partial charge >= 0.3 is 0 Å². The van der Waals surface area contributed by atoms with E-state index in [1.54, 1.807) is 0 Å². The van der Waals surface area contributed by atoms with Gasteiger partial charge in [-0.25, -0.2) is 9.67 Å². The molecule has 0 saturated carbocycles. The quantitative estimate of drug-likeness (QED) is 0.918. The van der Waals surface area contributed by atoms with Gasteiger partial charge in [-0.1, -0.05) is 6.42 Å². The van der Waals surface area contributed by atoms with Crippen molar-refractivity contribution >= 4 is 5.69 Å². The third-order valence-electron chi connectivity index (χ3n) is 3.68.